The first-order valence-electron chi connectivity index (χ1n) is 10.5. The number of rotatable bonds is 11. The van der Waals surface area contributed by atoms with Crippen molar-refractivity contribution < 1.29 is 41.3 Å². The van der Waals surface area contributed by atoms with Gasteiger partial charge in [0.2, 0.25) is 0 Å². The fraction of sp³-hybridized carbons (Fsp3) is 0.458. The van der Waals surface area contributed by atoms with Gasteiger partial charge < -0.3 is 18.9 Å². The van der Waals surface area contributed by atoms with E-state index in [-0.39, 0.29) is 41.6 Å². The maximum absolute atomic E-state index is 15.2. The lowest BCUT2D eigenvalue weighted by Gasteiger charge is -2.27. The van der Waals surface area contributed by atoms with Gasteiger partial charge in [0.25, 0.3) is 0 Å². The zero-order valence-corrected chi connectivity index (χ0v) is 19.7. The van der Waals surface area contributed by atoms with Crippen LogP contribution in [0.25, 0.3) is 11.1 Å². The molecule has 0 amide bonds. The number of hydrogen-bond acceptors (Lipinski definition) is 6. The van der Waals surface area contributed by atoms with Crippen LogP contribution in [-0.4, -0.2) is 46.3 Å². The van der Waals surface area contributed by atoms with Crippen molar-refractivity contribution in [3.8, 4) is 22.6 Å². The van der Waals surface area contributed by atoms with E-state index < -0.39 is 30.0 Å². The largest absolute Gasteiger partial charge is 0.497 e. The van der Waals surface area contributed by atoms with E-state index in [0.717, 1.165) is 19.2 Å². The Balaban J connectivity index is 2.49. The van der Waals surface area contributed by atoms with Crippen LogP contribution >= 0.6 is 0 Å². The lowest BCUT2D eigenvalue weighted by Crippen LogP contribution is -2.45. The molecule has 0 bridgehead atoms. The highest BCUT2D eigenvalue weighted by Crippen LogP contribution is 2.39. The van der Waals surface area contributed by atoms with Crippen molar-refractivity contribution in [3.63, 3.8) is 0 Å². The molecule has 6 nitrogen and oxygen atoms in total. The molecule has 0 aliphatic carbocycles. The topological polar surface area (TPSA) is 66.0 Å². The van der Waals surface area contributed by atoms with Gasteiger partial charge >= 0.3 is 12.1 Å². The quantitative estimate of drug-likeness (QED) is 0.265. The Bertz CT molecular complexity index is 965. The number of hydrogen-bond donors (Lipinski definition) is 1. The van der Waals surface area contributed by atoms with Gasteiger partial charge in [-0.1, -0.05) is 26.0 Å². The predicted molar refractivity (Wildman–Crippen MR) is 118 cm³/mol. The summed E-state index contributed by atoms with van der Waals surface area (Å²) < 4.78 is 77.2. The molecule has 1 unspecified atom stereocenters. The summed E-state index contributed by atoms with van der Waals surface area (Å²) in [5, 5.41) is 2.31. The highest BCUT2D eigenvalue weighted by molar-refractivity contribution is 5.76. The molecular formula is C24H29F4NO5. The second-order valence-electron chi connectivity index (χ2n) is 8.00. The summed E-state index contributed by atoms with van der Waals surface area (Å²) in [6.07, 6.45) is -4.68. The van der Waals surface area contributed by atoms with E-state index in [1.165, 1.54) is 26.4 Å². The van der Waals surface area contributed by atoms with E-state index in [1.54, 1.807) is 26.0 Å². The van der Waals surface area contributed by atoms with E-state index in [1.807, 2.05) is 0 Å². The number of esters is 1. The molecule has 2 aromatic carbocycles. The molecule has 10 heteroatoms. The van der Waals surface area contributed by atoms with Crippen LogP contribution in [0.1, 0.15) is 31.9 Å². The van der Waals surface area contributed by atoms with Gasteiger partial charge in [0.1, 0.15) is 29.4 Å². The molecule has 0 fully saturated rings. The van der Waals surface area contributed by atoms with Crippen molar-refractivity contribution in [2.45, 2.75) is 38.5 Å². The fourth-order valence-corrected chi connectivity index (χ4v) is 3.45. The standard InChI is InChI=1S/C24H29F4NO5/c1-14(2)10-20(23(30)33-5)29-22(24(26,27)28)15-6-8-17(19(25)11-15)18-12-16(32-4)7-9-21(18)34-13-31-3/h6-9,11-12,14,20,22,29H,10,13H2,1-5H3/t20-,22?/m0/s1. The Labute approximate surface area is 196 Å². The normalized spacial score (nSPS) is 13.5. The summed E-state index contributed by atoms with van der Waals surface area (Å²) in [6.45, 7) is 3.43. The van der Waals surface area contributed by atoms with Gasteiger partial charge in [-0.05, 0) is 42.2 Å². The highest BCUT2D eigenvalue weighted by atomic mass is 19.4. The molecule has 34 heavy (non-hydrogen) atoms. The summed E-state index contributed by atoms with van der Waals surface area (Å²) in [4.78, 5) is 12.1. The number of carbonyl (C=O) groups is 1. The molecule has 0 saturated carbocycles. The highest BCUT2D eigenvalue weighted by Gasteiger charge is 2.43. The van der Waals surface area contributed by atoms with Crippen LogP contribution in [0.4, 0.5) is 17.6 Å². The first-order chi connectivity index (χ1) is 16.0. The number of ether oxygens (including phenoxy) is 4. The van der Waals surface area contributed by atoms with Crippen LogP contribution in [0.15, 0.2) is 36.4 Å². The number of methoxy groups -OCH3 is 3. The number of benzene rings is 2. The number of carbonyl (C=O) groups excluding carboxylic acids is 1. The zero-order valence-electron chi connectivity index (χ0n) is 19.7. The maximum atomic E-state index is 15.2. The molecule has 2 aromatic rings. The summed E-state index contributed by atoms with van der Waals surface area (Å²) in [7, 11) is 3.96. The minimum Gasteiger partial charge on any atom is -0.497 e. The van der Waals surface area contributed by atoms with Gasteiger partial charge in [0, 0.05) is 18.2 Å². The Morgan fingerprint density at radius 3 is 2.26 bits per heavy atom. The Hall–Kier alpha value is -2.85. The van der Waals surface area contributed by atoms with Gasteiger partial charge in [-0.2, -0.15) is 13.2 Å². The first kappa shape index (κ1) is 27.4. The van der Waals surface area contributed by atoms with E-state index in [9.17, 15) is 18.0 Å². The molecule has 0 aliphatic rings. The lowest BCUT2D eigenvalue weighted by atomic mass is 9.97. The zero-order chi connectivity index (χ0) is 25.5. The first-order valence-corrected chi connectivity index (χ1v) is 10.5. The summed E-state index contributed by atoms with van der Waals surface area (Å²) in [5.41, 5.74) is -0.0840. The molecule has 2 atom stereocenters. The number of halogens is 4. The van der Waals surface area contributed by atoms with Crippen LogP contribution in [0.2, 0.25) is 0 Å². The minimum atomic E-state index is -4.79. The Kier molecular flexibility index (Phi) is 9.69. The van der Waals surface area contributed by atoms with Gasteiger partial charge in [-0.15, -0.1) is 0 Å². The predicted octanol–water partition coefficient (Wildman–Crippen LogP) is 5.26. The van der Waals surface area contributed by atoms with Crippen LogP contribution in [0, 0.1) is 11.7 Å². The van der Waals surface area contributed by atoms with Crippen LogP contribution < -0.4 is 14.8 Å². The van der Waals surface area contributed by atoms with Crippen molar-refractivity contribution in [3.05, 3.63) is 47.8 Å². The third-order valence-corrected chi connectivity index (χ3v) is 5.02. The van der Waals surface area contributed by atoms with Gasteiger partial charge in [0.05, 0.1) is 14.2 Å². The summed E-state index contributed by atoms with van der Waals surface area (Å²) in [6, 6.07) is 4.35. The lowest BCUT2D eigenvalue weighted by molar-refractivity contribution is -0.164. The third-order valence-electron chi connectivity index (χ3n) is 5.02. The average Bonchev–Trinajstić information content (AvgIpc) is 2.78. The molecule has 0 aliphatic heterocycles. The molecular weight excluding hydrogens is 458 g/mol. The molecule has 0 aromatic heterocycles. The van der Waals surface area contributed by atoms with Crippen molar-refractivity contribution in [2.24, 2.45) is 5.92 Å². The Morgan fingerprint density at radius 1 is 1.03 bits per heavy atom. The minimum absolute atomic E-state index is 0.0152. The monoisotopic (exact) mass is 487 g/mol. The molecule has 0 heterocycles. The van der Waals surface area contributed by atoms with Gasteiger partial charge in [-0.3, -0.25) is 10.1 Å². The fourth-order valence-electron chi connectivity index (χ4n) is 3.45. The van der Waals surface area contributed by atoms with Crippen LogP contribution in [0.5, 0.6) is 11.5 Å². The van der Waals surface area contributed by atoms with Crippen molar-refractivity contribution in [1.82, 2.24) is 5.32 Å². The second-order valence-corrected chi connectivity index (χ2v) is 8.00. The second kappa shape index (κ2) is 12.0. The van der Waals surface area contributed by atoms with E-state index in [0.29, 0.717) is 5.75 Å². The Morgan fingerprint density at radius 2 is 1.74 bits per heavy atom. The van der Waals surface area contributed by atoms with Crippen molar-refractivity contribution in [2.75, 3.05) is 28.1 Å². The number of alkyl halides is 3. The number of nitrogens with one attached hydrogen (secondary N) is 1. The van der Waals surface area contributed by atoms with Crippen molar-refractivity contribution >= 4 is 5.97 Å². The maximum Gasteiger partial charge on any atom is 0.407 e. The van der Waals surface area contributed by atoms with E-state index in [4.69, 9.17) is 14.2 Å². The molecule has 0 spiro atoms. The molecule has 0 saturated heterocycles. The molecule has 2 rings (SSSR count). The molecule has 0 radical (unpaired) electrons. The van der Waals surface area contributed by atoms with E-state index >= 15 is 4.39 Å². The van der Waals surface area contributed by atoms with E-state index in [2.05, 4.69) is 10.1 Å². The molecule has 1 N–H and O–H groups in total. The third kappa shape index (κ3) is 7.07. The van der Waals surface area contributed by atoms with Gasteiger partial charge in [-0.25, -0.2) is 4.39 Å². The van der Waals surface area contributed by atoms with Crippen LogP contribution in [0.3, 0.4) is 0 Å². The molecule has 188 valence electrons. The summed E-state index contributed by atoms with van der Waals surface area (Å²) >= 11 is 0. The van der Waals surface area contributed by atoms with Gasteiger partial charge in [0.15, 0.2) is 6.79 Å². The average molecular weight is 487 g/mol. The SMILES string of the molecule is COCOc1ccc(OC)cc1-c1ccc(C(N[C@@H](CC(C)C)C(=O)OC)C(F)(F)F)cc1F. The van der Waals surface area contributed by atoms with Crippen molar-refractivity contribution in [1.29, 1.82) is 0 Å². The summed E-state index contributed by atoms with van der Waals surface area (Å²) in [5.74, 6) is -1.13. The smallest absolute Gasteiger partial charge is 0.407 e. The van der Waals surface area contributed by atoms with Crippen LogP contribution in [-0.2, 0) is 14.3 Å².